The maximum Gasteiger partial charge on any atom is 0.162 e. The third-order valence-electron chi connectivity index (χ3n) is 5.37. The zero-order valence-corrected chi connectivity index (χ0v) is 19.8. The summed E-state index contributed by atoms with van der Waals surface area (Å²) in [6, 6.07) is 16.8. The Morgan fingerprint density at radius 2 is 1.75 bits per heavy atom. The molecule has 2 heterocycles. The van der Waals surface area contributed by atoms with Gasteiger partial charge in [0.05, 0.1) is 25.8 Å². The minimum Gasteiger partial charge on any atom is -0.493 e. The van der Waals surface area contributed by atoms with Crippen LogP contribution in [-0.2, 0) is 6.54 Å². The van der Waals surface area contributed by atoms with E-state index < -0.39 is 0 Å². The fourth-order valence-electron chi connectivity index (χ4n) is 3.79. The molecule has 0 bridgehead atoms. The second kappa shape index (κ2) is 9.54. The fraction of sp³-hybridized carbons (Fsp3) is 0.280. The van der Waals surface area contributed by atoms with Crippen molar-refractivity contribution >= 4 is 28.1 Å². The van der Waals surface area contributed by atoms with Gasteiger partial charge in [-0.15, -0.1) is 11.3 Å². The maximum absolute atomic E-state index is 5.49. The Balaban J connectivity index is 1.66. The molecule has 2 aromatic carbocycles. The molecule has 1 atom stereocenters. The average Bonchev–Trinajstić information content (AvgIpc) is 3.29. The van der Waals surface area contributed by atoms with Crippen molar-refractivity contribution in [2.45, 2.75) is 26.4 Å². The van der Waals surface area contributed by atoms with Crippen LogP contribution in [0.3, 0.4) is 0 Å². The molecule has 0 fully saturated rings. The maximum atomic E-state index is 5.49. The molecular formula is C25H28N4O2S. The molecule has 0 spiro atoms. The number of hydrogen-bond acceptors (Lipinski definition) is 7. The Kier molecular flexibility index (Phi) is 6.58. The number of aromatic nitrogens is 2. The van der Waals surface area contributed by atoms with Gasteiger partial charge in [0.15, 0.2) is 11.5 Å². The van der Waals surface area contributed by atoms with E-state index in [1.165, 1.54) is 20.9 Å². The van der Waals surface area contributed by atoms with Crippen molar-refractivity contribution in [2.75, 3.05) is 26.6 Å². The van der Waals surface area contributed by atoms with Gasteiger partial charge in [-0.05, 0) is 50.2 Å². The first-order valence-electron chi connectivity index (χ1n) is 10.5. The predicted octanol–water partition coefficient (Wildman–Crippen LogP) is 5.58. The van der Waals surface area contributed by atoms with E-state index in [1.54, 1.807) is 25.6 Å². The summed E-state index contributed by atoms with van der Waals surface area (Å²) in [5.41, 5.74) is 3.38. The first-order chi connectivity index (χ1) is 15.5. The van der Waals surface area contributed by atoms with Crippen LogP contribution in [0.4, 0.5) is 5.82 Å². The van der Waals surface area contributed by atoms with Crippen LogP contribution >= 0.6 is 11.3 Å². The highest BCUT2D eigenvalue weighted by molar-refractivity contribution is 7.15. The minimum atomic E-state index is 0.0795. The predicted molar refractivity (Wildman–Crippen MR) is 132 cm³/mol. The second-order valence-electron chi connectivity index (χ2n) is 7.60. The molecule has 4 rings (SSSR count). The van der Waals surface area contributed by atoms with E-state index in [4.69, 9.17) is 9.47 Å². The van der Waals surface area contributed by atoms with Gasteiger partial charge in [-0.3, -0.25) is 0 Å². The summed E-state index contributed by atoms with van der Waals surface area (Å²) in [6.07, 6.45) is 0. The number of benzene rings is 2. The van der Waals surface area contributed by atoms with Crippen molar-refractivity contribution in [2.24, 2.45) is 0 Å². The molecule has 4 aromatic rings. The Morgan fingerprint density at radius 3 is 2.50 bits per heavy atom. The highest BCUT2D eigenvalue weighted by Gasteiger charge is 2.16. The van der Waals surface area contributed by atoms with E-state index >= 15 is 0 Å². The molecule has 166 valence electrons. The van der Waals surface area contributed by atoms with Crippen LogP contribution < -0.4 is 20.1 Å². The number of methoxy groups -OCH3 is 2. The van der Waals surface area contributed by atoms with Gasteiger partial charge in [0, 0.05) is 27.8 Å². The molecule has 0 saturated heterocycles. The van der Waals surface area contributed by atoms with E-state index in [1.807, 2.05) is 26.1 Å². The van der Waals surface area contributed by atoms with E-state index in [0.29, 0.717) is 17.3 Å². The van der Waals surface area contributed by atoms with Crippen molar-refractivity contribution in [1.29, 1.82) is 0 Å². The van der Waals surface area contributed by atoms with Crippen molar-refractivity contribution in [3.8, 4) is 21.9 Å². The van der Waals surface area contributed by atoms with Crippen molar-refractivity contribution in [1.82, 2.24) is 15.3 Å². The molecule has 0 aliphatic rings. The molecule has 32 heavy (non-hydrogen) atoms. The molecule has 0 aliphatic heterocycles. The van der Waals surface area contributed by atoms with Crippen LogP contribution in [-0.4, -0.2) is 31.2 Å². The smallest absolute Gasteiger partial charge is 0.162 e. The molecule has 2 N–H and O–H groups in total. The van der Waals surface area contributed by atoms with E-state index in [9.17, 15) is 0 Å². The number of nitrogens with zero attached hydrogens (tertiary/aromatic N) is 2. The third kappa shape index (κ3) is 4.40. The molecule has 0 radical (unpaired) electrons. The lowest BCUT2D eigenvalue weighted by Gasteiger charge is -2.16. The molecule has 0 amide bonds. The Bertz CT molecular complexity index is 1240. The number of ether oxygens (including phenoxy) is 2. The van der Waals surface area contributed by atoms with Crippen molar-refractivity contribution in [3.05, 3.63) is 64.8 Å². The summed E-state index contributed by atoms with van der Waals surface area (Å²) >= 11 is 1.80. The van der Waals surface area contributed by atoms with Gasteiger partial charge in [0.25, 0.3) is 0 Å². The lowest BCUT2D eigenvalue weighted by atomic mass is 10.1. The fourth-order valence-corrected chi connectivity index (χ4v) is 4.86. The average molecular weight is 449 g/mol. The monoisotopic (exact) mass is 448 g/mol. The van der Waals surface area contributed by atoms with E-state index in [2.05, 4.69) is 63.9 Å². The summed E-state index contributed by atoms with van der Waals surface area (Å²) in [4.78, 5) is 11.8. The standard InChI is InChI=1S/C25H28N4O2S/c1-15(23-10-11-24(32-23)18-9-7-6-8-17(18)14-26-3)27-25-19-12-21(30-4)22(31-5)13-20(19)28-16(2)29-25/h6-13,15,26H,14H2,1-5H3,(H,27,28,29). The lowest BCUT2D eigenvalue weighted by molar-refractivity contribution is 0.356. The molecule has 2 aromatic heterocycles. The molecule has 6 nitrogen and oxygen atoms in total. The third-order valence-corrected chi connectivity index (χ3v) is 6.67. The zero-order valence-electron chi connectivity index (χ0n) is 19.0. The van der Waals surface area contributed by atoms with Gasteiger partial charge in [-0.1, -0.05) is 24.3 Å². The van der Waals surface area contributed by atoms with Crippen molar-refractivity contribution in [3.63, 3.8) is 0 Å². The lowest BCUT2D eigenvalue weighted by Crippen LogP contribution is -2.08. The Morgan fingerprint density at radius 1 is 1.00 bits per heavy atom. The summed E-state index contributed by atoms with van der Waals surface area (Å²) in [6.45, 7) is 4.89. The number of anilines is 1. The van der Waals surface area contributed by atoms with Crippen LogP contribution in [0.1, 0.15) is 29.2 Å². The highest BCUT2D eigenvalue weighted by Crippen LogP contribution is 2.37. The zero-order chi connectivity index (χ0) is 22.7. The van der Waals surface area contributed by atoms with Crippen LogP contribution in [0, 0.1) is 6.92 Å². The summed E-state index contributed by atoms with van der Waals surface area (Å²) in [5.74, 6) is 2.79. The number of fused-ring (bicyclic) bond motifs is 1. The first kappa shape index (κ1) is 22.0. The number of aryl methyl sites for hydroxylation is 1. The summed E-state index contributed by atoms with van der Waals surface area (Å²) < 4.78 is 10.9. The topological polar surface area (TPSA) is 68.3 Å². The van der Waals surface area contributed by atoms with Gasteiger partial charge < -0.3 is 20.1 Å². The second-order valence-corrected chi connectivity index (χ2v) is 8.71. The molecule has 7 heteroatoms. The molecular weight excluding hydrogens is 420 g/mol. The molecule has 1 unspecified atom stereocenters. The Labute approximate surface area is 192 Å². The number of rotatable bonds is 8. The van der Waals surface area contributed by atoms with Gasteiger partial charge in [0.1, 0.15) is 11.6 Å². The van der Waals surface area contributed by atoms with E-state index in [-0.39, 0.29) is 6.04 Å². The first-order valence-corrected chi connectivity index (χ1v) is 11.3. The number of thiophene rings is 1. The van der Waals surface area contributed by atoms with Gasteiger partial charge in [0.2, 0.25) is 0 Å². The summed E-state index contributed by atoms with van der Waals surface area (Å²) in [7, 11) is 5.23. The van der Waals surface area contributed by atoms with Gasteiger partial charge in [-0.2, -0.15) is 0 Å². The molecule has 0 aliphatic carbocycles. The largest absolute Gasteiger partial charge is 0.493 e. The normalized spacial score (nSPS) is 12.0. The Hall–Kier alpha value is -3.16. The van der Waals surface area contributed by atoms with Gasteiger partial charge in [-0.25, -0.2) is 9.97 Å². The van der Waals surface area contributed by atoms with Crippen LogP contribution in [0.5, 0.6) is 11.5 Å². The SMILES string of the molecule is CNCc1ccccc1-c1ccc(C(C)Nc2nc(C)nc3cc(OC)c(OC)cc23)s1. The highest BCUT2D eigenvalue weighted by atomic mass is 32.1. The quantitative estimate of drug-likeness (QED) is 0.367. The van der Waals surface area contributed by atoms with Crippen LogP contribution in [0.15, 0.2) is 48.5 Å². The van der Waals surface area contributed by atoms with Crippen LogP contribution in [0.2, 0.25) is 0 Å². The van der Waals surface area contributed by atoms with Gasteiger partial charge >= 0.3 is 0 Å². The summed E-state index contributed by atoms with van der Waals surface area (Å²) in [5, 5.41) is 7.74. The van der Waals surface area contributed by atoms with E-state index in [0.717, 1.165) is 23.3 Å². The molecule has 0 saturated carbocycles. The minimum absolute atomic E-state index is 0.0795. The number of hydrogen-bond donors (Lipinski definition) is 2. The number of nitrogens with one attached hydrogen (secondary N) is 2. The van der Waals surface area contributed by atoms with Crippen LogP contribution in [0.25, 0.3) is 21.3 Å². The van der Waals surface area contributed by atoms with Crippen molar-refractivity contribution < 1.29 is 9.47 Å².